The first-order valence-electron chi connectivity index (χ1n) is 8.08. The van der Waals surface area contributed by atoms with E-state index in [1.54, 1.807) is 14.2 Å². The Morgan fingerprint density at radius 1 is 1.17 bits per heavy atom. The van der Waals surface area contributed by atoms with Crippen molar-refractivity contribution < 1.29 is 19.0 Å². The van der Waals surface area contributed by atoms with Crippen molar-refractivity contribution in [2.75, 3.05) is 47.0 Å². The normalized spacial score (nSPS) is 21.3. The van der Waals surface area contributed by atoms with Crippen LogP contribution in [0.3, 0.4) is 0 Å². The van der Waals surface area contributed by atoms with Gasteiger partial charge in [-0.3, -0.25) is 4.79 Å². The minimum Gasteiger partial charge on any atom is -0.493 e. The van der Waals surface area contributed by atoms with Crippen LogP contribution in [0.15, 0.2) is 12.1 Å². The number of hydrogen-bond acceptors (Lipinski definition) is 5. The minimum atomic E-state index is -0.353. The molecule has 2 aliphatic heterocycles. The third-order valence-corrected chi connectivity index (χ3v) is 4.52. The maximum atomic E-state index is 12.6. The fourth-order valence-electron chi connectivity index (χ4n) is 3.20. The molecule has 1 unspecified atom stereocenters. The van der Waals surface area contributed by atoms with Crippen molar-refractivity contribution in [1.82, 2.24) is 10.2 Å². The molecule has 1 amide bonds. The van der Waals surface area contributed by atoms with E-state index in [0.717, 1.165) is 30.9 Å². The first-order chi connectivity index (χ1) is 11.2. The van der Waals surface area contributed by atoms with E-state index in [1.165, 1.54) is 11.1 Å². The van der Waals surface area contributed by atoms with Crippen LogP contribution in [0.25, 0.3) is 0 Å². The van der Waals surface area contributed by atoms with Crippen LogP contribution in [0.1, 0.15) is 11.1 Å². The van der Waals surface area contributed by atoms with Crippen molar-refractivity contribution in [2.45, 2.75) is 18.9 Å². The molecule has 2 aliphatic rings. The van der Waals surface area contributed by atoms with Gasteiger partial charge in [0.15, 0.2) is 11.5 Å². The van der Waals surface area contributed by atoms with E-state index in [0.29, 0.717) is 26.2 Å². The van der Waals surface area contributed by atoms with Crippen LogP contribution < -0.4 is 14.8 Å². The molecule has 0 radical (unpaired) electrons. The van der Waals surface area contributed by atoms with Gasteiger partial charge in [0, 0.05) is 26.2 Å². The maximum Gasteiger partial charge on any atom is 0.253 e. The highest BCUT2D eigenvalue weighted by molar-refractivity contribution is 5.81. The number of benzene rings is 1. The second kappa shape index (κ2) is 7.19. The number of rotatable bonds is 3. The van der Waals surface area contributed by atoms with Gasteiger partial charge in [0.2, 0.25) is 0 Å². The van der Waals surface area contributed by atoms with Crippen molar-refractivity contribution in [1.29, 1.82) is 0 Å². The molecule has 1 aromatic carbocycles. The summed E-state index contributed by atoms with van der Waals surface area (Å²) in [4.78, 5) is 14.5. The molecule has 1 fully saturated rings. The van der Waals surface area contributed by atoms with Crippen molar-refractivity contribution in [3.05, 3.63) is 23.3 Å². The highest BCUT2D eigenvalue weighted by Crippen LogP contribution is 2.32. The number of nitrogens with one attached hydrogen (secondary N) is 1. The number of methoxy groups -OCH3 is 2. The van der Waals surface area contributed by atoms with Gasteiger partial charge in [0.1, 0.15) is 6.10 Å². The Morgan fingerprint density at radius 2 is 1.78 bits per heavy atom. The van der Waals surface area contributed by atoms with Crippen LogP contribution in [0.5, 0.6) is 11.5 Å². The van der Waals surface area contributed by atoms with Gasteiger partial charge in [-0.05, 0) is 36.1 Å². The molecule has 23 heavy (non-hydrogen) atoms. The van der Waals surface area contributed by atoms with Crippen LogP contribution in [0, 0.1) is 0 Å². The molecule has 1 N–H and O–H groups in total. The summed E-state index contributed by atoms with van der Waals surface area (Å²) in [6.07, 6.45) is 1.29. The average molecular weight is 320 g/mol. The molecule has 6 heteroatoms. The number of nitrogens with zero attached hydrogens (tertiary/aromatic N) is 1. The second-order valence-corrected chi connectivity index (χ2v) is 5.86. The molecule has 126 valence electrons. The molecule has 0 aliphatic carbocycles. The molecule has 6 nitrogen and oxygen atoms in total. The van der Waals surface area contributed by atoms with Gasteiger partial charge in [0.05, 0.1) is 20.8 Å². The van der Waals surface area contributed by atoms with Crippen LogP contribution in [0.2, 0.25) is 0 Å². The number of hydrogen-bond donors (Lipinski definition) is 1. The Bertz CT molecular complexity index is 535. The van der Waals surface area contributed by atoms with Crippen LogP contribution >= 0.6 is 0 Å². The fourth-order valence-corrected chi connectivity index (χ4v) is 3.20. The van der Waals surface area contributed by atoms with E-state index in [-0.39, 0.29) is 12.0 Å². The fraction of sp³-hybridized carbons (Fsp3) is 0.588. The summed E-state index contributed by atoms with van der Waals surface area (Å²) in [5.74, 6) is 1.57. The SMILES string of the molecule is COc1cc2c(cc1OC)CCN(C(=O)C1CNCCO1)CC2. The Morgan fingerprint density at radius 3 is 2.26 bits per heavy atom. The molecular weight excluding hydrogens is 296 g/mol. The molecule has 1 aromatic rings. The first-order valence-corrected chi connectivity index (χ1v) is 8.08. The Labute approximate surface area is 136 Å². The monoisotopic (exact) mass is 320 g/mol. The van der Waals surface area contributed by atoms with Gasteiger partial charge < -0.3 is 24.4 Å². The molecule has 0 aromatic heterocycles. The highest BCUT2D eigenvalue weighted by atomic mass is 16.5. The van der Waals surface area contributed by atoms with Gasteiger partial charge in [-0.15, -0.1) is 0 Å². The van der Waals surface area contributed by atoms with E-state index >= 15 is 0 Å². The van der Waals surface area contributed by atoms with E-state index < -0.39 is 0 Å². The quantitative estimate of drug-likeness (QED) is 0.885. The highest BCUT2D eigenvalue weighted by Gasteiger charge is 2.28. The summed E-state index contributed by atoms with van der Waals surface area (Å²) >= 11 is 0. The standard InChI is InChI=1S/C17H24N2O4/c1-21-14-9-12-3-6-19(7-4-13(12)10-15(14)22-2)17(20)16-11-18-5-8-23-16/h9-10,16,18H,3-8,11H2,1-2H3. The lowest BCUT2D eigenvalue weighted by Gasteiger charge is -2.28. The lowest BCUT2D eigenvalue weighted by atomic mass is 10.0. The minimum absolute atomic E-state index is 0.0870. The molecular formula is C17H24N2O4. The molecule has 1 atom stereocenters. The largest absolute Gasteiger partial charge is 0.493 e. The van der Waals surface area contributed by atoms with Crippen molar-refractivity contribution in [3.63, 3.8) is 0 Å². The summed E-state index contributed by atoms with van der Waals surface area (Å²) < 4.78 is 16.3. The Hall–Kier alpha value is -1.79. The predicted molar refractivity (Wildman–Crippen MR) is 86.1 cm³/mol. The maximum absolute atomic E-state index is 12.6. The summed E-state index contributed by atoms with van der Waals surface area (Å²) in [5.41, 5.74) is 2.45. The zero-order chi connectivity index (χ0) is 16.2. The lowest BCUT2D eigenvalue weighted by Crippen LogP contribution is -2.50. The number of amides is 1. The van der Waals surface area contributed by atoms with Crippen molar-refractivity contribution >= 4 is 5.91 Å². The van der Waals surface area contributed by atoms with E-state index in [1.807, 2.05) is 17.0 Å². The Balaban J connectivity index is 1.73. The van der Waals surface area contributed by atoms with Crippen LogP contribution in [-0.4, -0.2) is 63.9 Å². The van der Waals surface area contributed by atoms with Gasteiger partial charge in [-0.1, -0.05) is 0 Å². The van der Waals surface area contributed by atoms with Gasteiger partial charge in [0.25, 0.3) is 5.91 Å². The number of carbonyl (C=O) groups is 1. The third kappa shape index (κ3) is 3.43. The smallest absolute Gasteiger partial charge is 0.253 e. The third-order valence-electron chi connectivity index (χ3n) is 4.52. The summed E-state index contributed by atoms with van der Waals surface area (Å²) in [6, 6.07) is 4.06. The average Bonchev–Trinajstić information content (AvgIpc) is 2.82. The molecule has 3 rings (SSSR count). The number of fused-ring (bicyclic) bond motifs is 1. The van der Waals surface area contributed by atoms with E-state index in [9.17, 15) is 4.79 Å². The first kappa shape index (κ1) is 16.1. The summed E-state index contributed by atoms with van der Waals surface area (Å²) in [5, 5.41) is 3.21. The number of ether oxygens (including phenoxy) is 3. The molecule has 0 bridgehead atoms. The van der Waals surface area contributed by atoms with Crippen molar-refractivity contribution in [3.8, 4) is 11.5 Å². The zero-order valence-electron chi connectivity index (χ0n) is 13.8. The number of morpholine rings is 1. The molecule has 0 spiro atoms. The van der Waals surface area contributed by atoms with E-state index in [2.05, 4.69) is 5.32 Å². The summed E-state index contributed by atoms with van der Waals surface area (Å²) in [7, 11) is 3.29. The van der Waals surface area contributed by atoms with Crippen LogP contribution in [0.4, 0.5) is 0 Å². The van der Waals surface area contributed by atoms with Crippen LogP contribution in [-0.2, 0) is 22.4 Å². The molecule has 1 saturated heterocycles. The van der Waals surface area contributed by atoms with Crippen molar-refractivity contribution in [2.24, 2.45) is 0 Å². The van der Waals surface area contributed by atoms with Gasteiger partial charge in [-0.2, -0.15) is 0 Å². The predicted octanol–water partition coefficient (Wildman–Crippen LogP) is 0.619. The van der Waals surface area contributed by atoms with Gasteiger partial charge in [-0.25, -0.2) is 0 Å². The molecule has 0 saturated carbocycles. The lowest BCUT2D eigenvalue weighted by molar-refractivity contribution is -0.145. The van der Waals surface area contributed by atoms with Gasteiger partial charge >= 0.3 is 0 Å². The number of carbonyl (C=O) groups excluding carboxylic acids is 1. The zero-order valence-corrected chi connectivity index (χ0v) is 13.8. The second-order valence-electron chi connectivity index (χ2n) is 5.86. The van der Waals surface area contributed by atoms with E-state index in [4.69, 9.17) is 14.2 Å². The topological polar surface area (TPSA) is 60.0 Å². The molecule has 2 heterocycles. The summed E-state index contributed by atoms with van der Waals surface area (Å²) in [6.45, 7) is 3.43. The Kier molecular flexibility index (Phi) is 5.03.